The number of carbonyl (C=O) groups excluding carboxylic acids is 1. The summed E-state index contributed by atoms with van der Waals surface area (Å²) in [5, 5.41) is 8.32. The maximum absolute atomic E-state index is 14.0. The highest BCUT2D eigenvalue weighted by Gasteiger charge is 2.39. The van der Waals surface area contributed by atoms with E-state index in [1.54, 1.807) is 50.2 Å². The summed E-state index contributed by atoms with van der Waals surface area (Å²) in [7, 11) is 0. The van der Waals surface area contributed by atoms with Crippen molar-refractivity contribution >= 4 is 51.7 Å². The molecule has 1 N–H and O–H groups in total. The lowest BCUT2D eigenvalue weighted by atomic mass is 10.00. The number of aromatic nitrogens is 3. The monoisotopic (exact) mass is 554 g/mol. The van der Waals surface area contributed by atoms with Gasteiger partial charge in [-0.1, -0.05) is 53.9 Å². The molecule has 0 bridgehead atoms. The number of amides is 1. The minimum Gasteiger partial charge on any atom is -0.347 e. The van der Waals surface area contributed by atoms with Gasteiger partial charge in [0.05, 0.1) is 22.0 Å². The number of nitrogens with one attached hydrogen (secondary N) is 1. The molecule has 4 rings (SSSR count). The summed E-state index contributed by atoms with van der Waals surface area (Å²) in [6, 6.07) is 12.5. The van der Waals surface area contributed by atoms with Crippen LogP contribution in [-0.2, 0) is 6.18 Å². The first-order valence-electron chi connectivity index (χ1n) is 10.9. The largest absolute Gasteiger partial charge is 0.434 e. The minimum absolute atomic E-state index is 0.204. The number of carbonyl (C=O) groups is 1. The number of alkyl halides is 3. The molecule has 5 nitrogen and oxygen atoms in total. The Labute approximate surface area is 220 Å². The smallest absolute Gasteiger partial charge is 0.347 e. The molecule has 0 saturated heterocycles. The second kappa shape index (κ2) is 9.57. The quantitative estimate of drug-likeness (QED) is 0.272. The van der Waals surface area contributed by atoms with Crippen LogP contribution in [0, 0.1) is 0 Å². The summed E-state index contributed by atoms with van der Waals surface area (Å²) in [6.45, 7) is 5.28. The van der Waals surface area contributed by atoms with Crippen LogP contribution in [0.5, 0.6) is 0 Å². The van der Waals surface area contributed by atoms with Crippen molar-refractivity contribution in [1.29, 1.82) is 0 Å². The Morgan fingerprint density at radius 2 is 1.64 bits per heavy atom. The van der Waals surface area contributed by atoms with Crippen LogP contribution in [0.1, 0.15) is 43.2 Å². The maximum Gasteiger partial charge on any atom is 0.434 e. The van der Waals surface area contributed by atoms with Gasteiger partial charge < -0.3 is 5.32 Å². The summed E-state index contributed by atoms with van der Waals surface area (Å²) < 4.78 is 43.5. The van der Waals surface area contributed by atoms with Crippen LogP contribution in [0.2, 0.25) is 15.1 Å². The molecular weight excluding hydrogens is 536 g/mol. The lowest BCUT2D eigenvalue weighted by molar-refractivity contribution is -0.141. The number of halogens is 6. The fourth-order valence-electron chi connectivity index (χ4n) is 3.58. The van der Waals surface area contributed by atoms with E-state index in [2.05, 4.69) is 15.4 Å². The van der Waals surface area contributed by atoms with Crippen molar-refractivity contribution in [1.82, 2.24) is 20.1 Å². The lowest BCUT2D eigenvalue weighted by Gasteiger charge is -2.25. The van der Waals surface area contributed by atoms with Gasteiger partial charge in [0.1, 0.15) is 0 Å². The Kier molecular flexibility index (Phi) is 6.98. The number of nitrogens with zero attached hydrogens (tertiary/aromatic N) is 3. The van der Waals surface area contributed by atoms with E-state index in [1.807, 2.05) is 6.92 Å². The number of hydrogen-bond acceptors (Lipinski definition) is 3. The van der Waals surface area contributed by atoms with Crippen molar-refractivity contribution in [3.63, 3.8) is 0 Å². The van der Waals surface area contributed by atoms with Crippen molar-refractivity contribution in [2.24, 2.45) is 0 Å². The minimum atomic E-state index is -4.89. The fraction of sp³-hybridized carbons (Fsp3) is 0.240. The fourth-order valence-corrected chi connectivity index (χ4v) is 4.19. The van der Waals surface area contributed by atoms with Crippen LogP contribution in [0.25, 0.3) is 28.0 Å². The number of rotatable bonds is 5. The summed E-state index contributed by atoms with van der Waals surface area (Å²) in [4.78, 5) is 16.9. The molecule has 0 unspecified atom stereocenters. The van der Waals surface area contributed by atoms with Crippen LogP contribution in [-0.4, -0.2) is 26.2 Å². The van der Waals surface area contributed by atoms with Gasteiger partial charge in [-0.2, -0.15) is 13.2 Å². The van der Waals surface area contributed by atoms with E-state index in [1.165, 1.54) is 16.8 Å². The summed E-state index contributed by atoms with van der Waals surface area (Å²) in [5.74, 6) is -0.886. The van der Waals surface area contributed by atoms with Gasteiger partial charge in [-0.15, -0.1) is 5.10 Å². The summed E-state index contributed by atoms with van der Waals surface area (Å²) >= 11 is 18.5. The van der Waals surface area contributed by atoms with E-state index in [4.69, 9.17) is 34.8 Å². The van der Waals surface area contributed by atoms with Gasteiger partial charge >= 0.3 is 6.18 Å². The van der Waals surface area contributed by atoms with Crippen LogP contribution < -0.4 is 5.32 Å². The summed E-state index contributed by atoms with van der Waals surface area (Å²) in [5.41, 5.74) is -1.53. The van der Waals surface area contributed by atoms with Gasteiger partial charge in [-0.3, -0.25) is 4.79 Å². The first-order chi connectivity index (χ1) is 16.8. The zero-order chi connectivity index (χ0) is 26.4. The lowest BCUT2D eigenvalue weighted by Crippen LogP contribution is -2.43. The highest BCUT2D eigenvalue weighted by Crippen LogP contribution is 2.38. The van der Waals surface area contributed by atoms with Gasteiger partial charge in [0, 0.05) is 26.5 Å². The molecule has 2 aromatic heterocycles. The predicted molar refractivity (Wildman–Crippen MR) is 136 cm³/mol. The van der Waals surface area contributed by atoms with Crippen LogP contribution in [0.4, 0.5) is 13.2 Å². The number of fused-ring (bicyclic) bond motifs is 1. The third-order valence-electron chi connectivity index (χ3n) is 5.77. The molecule has 0 aliphatic heterocycles. The molecule has 36 heavy (non-hydrogen) atoms. The first-order valence-corrected chi connectivity index (χ1v) is 12.0. The molecule has 2 aromatic carbocycles. The zero-order valence-electron chi connectivity index (χ0n) is 19.3. The van der Waals surface area contributed by atoms with Crippen molar-refractivity contribution in [2.75, 3.05) is 0 Å². The Morgan fingerprint density at radius 3 is 2.22 bits per heavy atom. The topological polar surface area (TPSA) is 59.8 Å². The molecule has 0 aliphatic rings. The van der Waals surface area contributed by atoms with Gasteiger partial charge in [0.25, 0.3) is 5.91 Å². The number of benzene rings is 2. The summed E-state index contributed by atoms with van der Waals surface area (Å²) in [6.07, 6.45) is -4.38. The number of pyridine rings is 1. The van der Waals surface area contributed by atoms with E-state index in [0.717, 1.165) is 0 Å². The van der Waals surface area contributed by atoms with Gasteiger partial charge in [0.15, 0.2) is 11.3 Å². The molecule has 0 saturated carbocycles. The molecular formula is C25H20Cl3F3N4O. The first kappa shape index (κ1) is 26.3. The SMILES string of the molecule is CCC(C)(C)NC(=O)c1cc2c(-c3ccc(Cl)cc3)n(-c3ccc(Cl)cc3Cl)nc2nc1C(F)(F)F. The van der Waals surface area contributed by atoms with Gasteiger partial charge in [-0.05, 0) is 56.7 Å². The molecule has 4 aromatic rings. The second-order valence-electron chi connectivity index (χ2n) is 8.81. The number of hydrogen-bond donors (Lipinski definition) is 1. The van der Waals surface area contributed by atoms with E-state index in [-0.39, 0.29) is 16.1 Å². The van der Waals surface area contributed by atoms with Crippen molar-refractivity contribution in [2.45, 2.75) is 38.9 Å². The van der Waals surface area contributed by atoms with Crippen LogP contribution in [0.15, 0.2) is 48.5 Å². The van der Waals surface area contributed by atoms with Crippen molar-refractivity contribution in [3.05, 3.63) is 74.9 Å². The molecule has 0 aliphatic carbocycles. The molecule has 0 atom stereocenters. The van der Waals surface area contributed by atoms with Crippen molar-refractivity contribution in [3.8, 4) is 16.9 Å². The molecule has 0 fully saturated rings. The molecule has 188 valence electrons. The highest BCUT2D eigenvalue weighted by atomic mass is 35.5. The standard InChI is InChI=1S/C25H20Cl3F3N4O/c1-4-24(2,3)33-23(36)17-12-16-20(13-5-7-14(26)8-6-13)35(19-10-9-15(27)11-18(19)28)34-22(16)32-21(17)25(29,30)31/h5-12H,4H2,1-3H3,(H,33,36). The normalized spacial score (nSPS) is 12.2. The molecule has 11 heteroatoms. The molecule has 0 spiro atoms. The average molecular weight is 556 g/mol. The van der Waals surface area contributed by atoms with Gasteiger partial charge in [-0.25, -0.2) is 9.67 Å². The second-order valence-corrected chi connectivity index (χ2v) is 10.1. The Bertz CT molecular complexity index is 1460. The van der Waals surface area contributed by atoms with E-state index in [0.29, 0.717) is 33.4 Å². The third kappa shape index (κ3) is 5.16. The Balaban J connectivity index is 2.06. The average Bonchev–Trinajstić information content (AvgIpc) is 3.16. The van der Waals surface area contributed by atoms with Crippen LogP contribution >= 0.6 is 34.8 Å². The maximum atomic E-state index is 14.0. The van der Waals surface area contributed by atoms with E-state index in [9.17, 15) is 18.0 Å². The van der Waals surface area contributed by atoms with Gasteiger partial charge in [0.2, 0.25) is 0 Å². The third-order valence-corrected chi connectivity index (χ3v) is 6.56. The molecule has 0 radical (unpaired) electrons. The Hall–Kier alpha value is -2.81. The van der Waals surface area contributed by atoms with Crippen LogP contribution in [0.3, 0.4) is 0 Å². The van der Waals surface area contributed by atoms with E-state index < -0.39 is 28.9 Å². The van der Waals surface area contributed by atoms with E-state index >= 15 is 0 Å². The molecule has 1 amide bonds. The highest BCUT2D eigenvalue weighted by molar-refractivity contribution is 6.35. The predicted octanol–water partition coefficient (Wildman–Crippen LogP) is 7.98. The van der Waals surface area contributed by atoms with Crippen molar-refractivity contribution < 1.29 is 18.0 Å². The zero-order valence-corrected chi connectivity index (χ0v) is 21.6. The molecule has 2 heterocycles. The Morgan fingerprint density at radius 1 is 1.00 bits per heavy atom.